The molecule has 0 unspecified atom stereocenters. The van der Waals surface area contributed by atoms with Crippen LogP contribution in [0.3, 0.4) is 0 Å². The molecule has 2 aromatic carbocycles. The molecule has 166 valence electrons. The van der Waals surface area contributed by atoms with E-state index in [4.69, 9.17) is 4.42 Å². The Balaban J connectivity index is 1.33. The maximum Gasteiger partial charge on any atom is 0.243 e. The normalized spacial score (nSPS) is 16.1. The Hall–Kier alpha value is -3.93. The number of pyridine rings is 1. The molecule has 33 heavy (non-hydrogen) atoms. The topological polar surface area (TPSA) is 75.4 Å². The van der Waals surface area contributed by atoms with E-state index in [9.17, 15) is 9.59 Å². The van der Waals surface area contributed by atoms with Crippen LogP contribution in [0.2, 0.25) is 0 Å². The fourth-order valence-corrected chi connectivity index (χ4v) is 4.41. The number of carbonyl (C=O) groups excluding carboxylic acids is 2. The second kappa shape index (κ2) is 8.90. The zero-order valence-corrected chi connectivity index (χ0v) is 18.5. The number of hydrogen-bond acceptors (Lipinski definition) is 4. The van der Waals surface area contributed by atoms with E-state index >= 15 is 0 Å². The number of fused-ring (bicyclic) bond motifs is 1. The van der Waals surface area contributed by atoms with Crippen molar-refractivity contribution in [2.75, 3.05) is 13.1 Å². The fourth-order valence-electron chi connectivity index (χ4n) is 4.41. The molecule has 1 fully saturated rings. The van der Waals surface area contributed by atoms with E-state index in [2.05, 4.69) is 10.3 Å². The van der Waals surface area contributed by atoms with Crippen LogP contribution in [-0.2, 0) is 22.4 Å². The van der Waals surface area contributed by atoms with Crippen LogP contribution in [0.5, 0.6) is 0 Å². The Morgan fingerprint density at radius 2 is 1.85 bits per heavy atom. The molecule has 1 N–H and O–H groups in total. The summed E-state index contributed by atoms with van der Waals surface area (Å²) in [6, 6.07) is 17.5. The van der Waals surface area contributed by atoms with Gasteiger partial charge in [0.05, 0.1) is 12.7 Å². The molecule has 1 aliphatic heterocycles. The van der Waals surface area contributed by atoms with Crippen molar-refractivity contribution in [3.63, 3.8) is 0 Å². The number of rotatable bonds is 5. The molecule has 2 amide bonds. The number of piperazine rings is 1. The van der Waals surface area contributed by atoms with E-state index in [1.165, 1.54) is 0 Å². The Kier molecular flexibility index (Phi) is 5.65. The van der Waals surface area contributed by atoms with Crippen LogP contribution < -0.4 is 5.32 Å². The number of amides is 2. The van der Waals surface area contributed by atoms with E-state index in [1.807, 2.05) is 61.5 Å². The summed E-state index contributed by atoms with van der Waals surface area (Å²) in [5.41, 5.74) is 5.92. The smallest absolute Gasteiger partial charge is 0.243 e. The molecule has 1 saturated heterocycles. The summed E-state index contributed by atoms with van der Waals surface area (Å²) in [5.74, 6) is -0.174. The van der Waals surface area contributed by atoms with E-state index in [-0.39, 0.29) is 18.2 Å². The van der Waals surface area contributed by atoms with Crippen LogP contribution >= 0.6 is 0 Å². The van der Waals surface area contributed by atoms with Gasteiger partial charge in [-0.25, -0.2) is 0 Å². The highest BCUT2D eigenvalue weighted by atomic mass is 16.3. The third-order valence-electron chi connectivity index (χ3n) is 6.20. The van der Waals surface area contributed by atoms with Gasteiger partial charge in [-0.15, -0.1) is 0 Å². The van der Waals surface area contributed by atoms with Crippen molar-refractivity contribution in [3.8, 4) is 11.1 Å². The number of aryl methyl sites for hydroxylation is 1. The molecule has 1 aliphatic rings. The van der Waals surface area contributed by atoms with Crippen molar-refractivity contribution in [1.82, 2.24) is 15.2 Å². The fraction of sp³-hybridized carbons (Fsp3) is 0.222. The van der Waals surface area contributed by atoms with Crippen molar-refractivity contribution in [2.24, 2.45) is 0 Å². The van der Waals surface area contributed by atoms with E-state index in [0.717, 1.165) is 38.8 Å². The minimum absolute atomic E-state index is 0.0634. The van der Waals surface area contributed by atoms with E-state index in [1.54, 1.807) is 23.6 Å². The van der Waals surface area contributed by atoms with Gasteiger partial charge in [-0.2, -0.15) is 0 Å². The van der Waals surface area contributed by atoms with Gasteiger partial charge in [-0.1, -0.05) is 36.4 Å². The molecule has 2 aromatic heterocycles. The molecule has 0 radical (unpaired) electrons. The van der Waals surface area contributed by atoms with Gasteiger partial charge in [-0.3, -0.25) is 14.6 Å². The van der Waals surface area contributed by atoms with Crippen LogP contribution in [0.15, 0.2) is 77.7 Å². The van der Waals surface area contributed by atoms with Crippen molar-refractivity contribution >= 4 is 22.8 Å². The lowest BCUT2D eigenvalue weighted by Gasteiger charge is -2.35. The molecule has 3 heterocycles. The molecular weight excluding hydrogens is 414 g/mol. The highest BCUT2D eigenvalue weighted by Crippen LogP contribution is 2.25. The lowest BCUT2D eigenvalue weighted by atomic mass is 9.98. The number of benzene rings is 2. The van der Waals surface area contributed by atoms with Gasteiger partial charge in [0.2, 0.25) is 11.8 Å². The summed E-state index contributed by atoms with van der Waals surface area (Å²) in [7, 11) is 0. The molecule has 6 heteroatoms. The van der Waals surface area contributed by atoms with Crippen LogP contribution in [0.1, 0.15) is 16.7 Å². The lowest BCUT2D eigenvalue weighted by Crippen LogP contribution is -2.58. The maximum atomic E-state index is 13.3. The standard InChI is InChI=1S/C27H25N3O3/c1-18-2-7-23-22(17-33-25(23)14-18)16-26(31)30-13-12-29-27(32)24(30)15-19-3-5-20(6-4-19)21-8-10-28-11-9-21/h2-11,14,17,24H,12-13,15-16H2,1H3,(H,29,32)/t24-/m0/s1. The van der Waals surface area contributed by atoms with E-state index in [0.29, 0.717) is 19.5 Å². The molecule has 4 aromatic rings. The molecule has 0 spiro atoms. The van der Waals surface area contributed by atoms with Crippen LogP contribution in [0.4, 0.5) is 0 Å². The van der Waals surface area contributed by atoms with Crippen molar-refractivity contribution in [3.05, 3.63) is 89.9 Å². The monoisotopic (exact) mass is 439 g/mol. The molecule has 5 rings (SSSR count). The number of nitrogens with one attached hydrogen (secondary N) is 1. The second-order valence-electron chi connectivity index (χ2n) is 8.47. The minimum atomic E-state index is -0.529. The summed E-state index contributed by atoms with van der Waals surface area (Å²) in [5, 5.41) is 3.85. The van der Waals surface area contributed by atoms with Gasteiger partial charge in [-0.05, 0) is 47.4 Å². The molecule has 6 nitrogen and oxygen atoms in total. The molecule has 0 saturated carbocycles. The van der Waals surface area contributed by atoms with Crippen LogP contribution in [0.25, 0.3) is 22.1 Å². The Morgan fingerprint density at radius 3 is 2.64 bits per heavy atom. The molecular formula is C27H25N3O3. The maximum absolute atomic E-state index is 13.3. The van der Waals surface area contributed by atoms with E-state index < -0.39 is 6.04 Å². The Labute approximate surface area is 192 Å². The van der Waals surface area contributed by atoms with Crippen molar-refractivity contribution in [1.29, 1.82) is 0 Å². The average Bonchev–Trinajstić information content (AvgIpc) is 3.23. The number of carbonyl (C=O) groups is 2. The van der Waals surface area contributed by atoms with Crippen LogP contribution in [-0.4, -0.2) is 40.8 Å². The summed E-state index contributed by atoms with van der Waals surface area (Å²) < 4.78 is 5.66. The van der Waals surface area contributed by atoms with Crippen LogP contribution in [0, 0.1) is 6.92 Å². The Morgan fingerprint density at radius 1 is 1.09 bits per heavy atom. The minimum Gasteiger partial charge on any atom is -0.464 e. The largest absolute Gasteiger partial charge is 0.464 e. The quantitative estimate of drug-likeness (QED) is 0.512. The summed E-state index contributed by atoms with van der Waals surface area (Å²) in [4.78, 5) is 31.8. The highest BCUT2D eigenvalue weighted by Gasteiger charge is 2.33. The lowest BCUT2D eigenvalue weighted by molar-refractivity contribution is -0.142. The number of hydrogen-bond donors (Lipinski definition) is 1. The van der Waals surface area contributed by atoms with Gasteiger partial charge in [0.15, 0.2) is 0 Å². The predicted octanol–water partition coefficient (Wildman–Crippen LogP) is 3.92. The summed E-state index contributed by atoms with van der Waals surface area (Å²) >= 11 is 0. The first-order valence-corrected chi connectivity index (χ1v) is 11.1. The number of nitrogens with zero attached hydrogens (tertiary/aromatic N) is 2. The zero-order chi connectivity index (χ0) is 22.8. The third kappa shape index (κ3) is 4.37. The zero-order valence-electron chi connectivity index (χ0n) is 18.5. The van der Waals surface area contributed by atoms with Gasteiger partial charge < -0.3 is 14.6 Å². The number of furan rings is 1. The molecule has 0 aliphatic carbocycles. The summed E-state index contributed by atoms with van der Waals surface area (Å²) in [6.45, 7) is 2.97. The highest BCUT2D eigenvalue weighted by molar-refractivity contribution is 5.92. The first-order valence-electron chi connectivity index (χ1n) is 11.1. The molecule has 1 atom stereocenters. The van der Waals surface area contributed by atoms with Gasteiger partial charge >= 0.3 is 0 Å². The Bertz CT molecular complexity index is 1300. The summed E-state index contributed by atoms with van der Waals surface area (Å²) in [6.07, 6.45) is 5.87. The first kappa shape index (κ1) is 20.9. The van der Waals surface area contributed by atoms with Crippen molar-refractivity contribution < 1.29 is 14.0 Å². The van der Waals surface area contributed by atoms with Crippen molar-refractivity contribution in [2.45, 2.75) is 25.8 Å². The van der Waals surface area contributed by atoms with Gasteiger partial charge in [0, 0.05) is 42.9 Å². The first-order chi connectivity index (χ1) is 16.1. The van der Waals surface area contributed by atoms with Gasteiger partial charge in [0.25, 0.3) is 0 Å². The average molecular weight is 440 g/mol. The SMILES string of the molecule is Cc1ccc2c(CC(=O)N3CCNC(=O)[C@@H]3Cc3ccc(-c4ccncc4)cc3)coc2c1. The number of aromatic nitrogens is 1. The van der Waals surface area contributed by atoms with Gasteiger partial charge in [0.1, 0.15) is 11.6 Å². The predicted molar refractivity (Wildman–Crippen MR) is 127 cm³/mol. The third-order valence-corrected chi connectivity index (χ3v) is 6.20. The molecule has 0 bridgehead atoms. The second-order valence-corrected chi connectivity index (χ2v) is 8.47.